The Morgan fingerprint density at radius 2 is 1.57 bits per heavy atom. The number of esters is 1. The number of hydrogen-bond acceptors (Lipinski definition) is 3. The van der Waals surface area contributed by atoms with Gasteiger partial charge in [0.2, 0.25) is 0 Å². The van der Waals surface area contributed by atoms with Crippen LogP contribution in [0.5, 0.6) is 0 Å². The summed E-state index contributed by atoms with van der Waals surface area (Å²) in [6.07, 6.45) is 13.2. The average molecular weight is 545 g/mol. The normalized spacial score (nSPS) is 45.7. The minimum atomic E-state index is -0.518. The number of fused-ring (bicyclic) bond motifs is 7. The first-order valence-corrected chi connectivity index (χ1v) is 16.2. The minimum Gasteiger partial charge on any atom is -0.460 e. The number of hydrogen-bond donors (Lipinski definition) is 0. The summed E-state index contributed by atoms with van der Waals surface area (Å²) in [7, 11) is 0. The van der Waals surface area contributed by atoms with Crippen molar-refractivity contribution >= 4 is 11.8 Å². The van der Waals surface area contributed by atoms with Gasteiger partial charge in [-0.25, -0.2) is 0 Å². The summed E-state index contributed by atoms with van der Waals surface area (Å²) < 4.78 is 5.94. The molecule has 6 rings (SSSR count). The third-order valence-electron chi connectivity index (χ3n) is 14.0. The summed E-state index contributed by atoms with van der Waals surface area (Å²) >= 11 is 0. The monoisotopic (exact) mass is 544 g/mol. The number of carbonyl (C=O) groups excluding carboxylic acids is 2. The summed E-state index contributed by atoms with van der Waals surface area (Å²) in [5.74, 6) is 1.28. The van der Waals surface area contributed by atoms with Gasteiger partial charge in [-0.05, 0) is 115 Å². The number of ketones is 1. The van der Waals surface area contributed by atoms with Crippen LogP contribution >= 0.6 is 0 Å². The highest BCUT2D eigenvalue weighted by atomic mass is 16.5. The van der Waals surface area contributed by atoms with E-state index in [1.54, 1.807) is 0 Å². The van der Waals surface area contributed by atoms with Gasteiger partial charge in [-0.1, -0.05) is 83.9 Å². The average Bonchev–Trinajstić information content (AvgIpc) is 2.89. The second-order valence-electron chi connectivity index (χ2n) is 16.7. The highest BCUT2D eigenvalue weighted by molar-refractivity contribution is 5.95. The molecule has 0 aromatic heterocycles. The first kappa shape index (κ1) is 28.2. The number of carbonyl (C=O) groups is 2. The number of rotatable bonds is 3. The fourth-order valence-electron chi connectivity index (χ4n) is 11.4. The van der Waals surface area contributed by atoms with Gasteiger partial charge < -0.3 is 4.74 Å². The van der Waals surface area contributed by atoms with E-state index in [1.807, 2.05) is 30.3 Å². The Morgan fingerprint density at radius 1 is 0.875 bits per heavy atom. The van der Waals surface area contributed by atoms with E-state index < -0.39 is 5.41 Å². The predicted octanol–water partition coefficient (Wildman–Crippen LogP) is 9.10. The van der Waals surface area contributed by atoms with Gasteiger partial charge >= 0.3 is 5.97 Å². The van der Waals surface area contributed by atoms with E-state index in [1.165, 1.54) is 37.7 Å². The molecule has 4 saturated carbocycles. The van der Waals surface area contributed by atoms with Crippen LogP contribution in [0.3, 0.4) is 0 Å². The Bertz CT molecular complexity index is 1230. The first-order valence-electron chi connectivity index (χ1n) is 16.2. The molecule has 3 heteroatoms. The topological polar surface area (TPSA) is 43.4 Å². The van der Waals surface area contributed by atoms with Crippen LogP contribution in [-0.2, 0) is 20.9 Å². The molecule has 1 aromatic rings. The van der Waals surface area contributed by atoms with Crippen LogP contribution in [0.4, 0.5) is 0 Å². The summed E-state index contributed by atoms with van der Waals surface area (Å²) in [4.78, 5) is 28.1. The molecule has 0 aliphatic heterocycles. The van der Waals surface area contributed by atoms with Crippen molar-refractivity contribution in [3.63, 3.8) is 0 Å². The first-order chi connectivity index (χ1) is 18.7. The lowest BCUT2D eigenvalue weighted by Crippen LogP contribution is -2.65. The van der Waals surface area contributed by atoms with Crippen LogP contribution in [0.25, 0.3) is 0 Å². The maximum Gasteiger partial charge on any atom is 0.312 e. The van der Waals surface area contributed by atoms with Crippen molar-refractivity contribution in [2.75, 3.05) is 0 Å². The number of allylic oxidation sites excluding steroid dienone is 2. The van der Waals surface area contributed by atoms with Gasteiger partial charge in [0.05, 0.1) is 5.41 Å². The van der Waals surface area contributed by atoms with Crippen molar-refractivity contribution in [3.8, 4) is 0 Å². The van der Waals surface area contributed by atoms with Gasteiger partial charge in [-0.15, -0.1) is 0 Å². The van der Waals surface area contributed by atoms with Crippen LogP contribution in [0.15, 0.2) is 42.0 Å². The molecule has 0 saturated heterocycles. The van der Waals surface area contributed by atoms with Crippen molar-refractivity contribution in [2.24, 2.45) is 50.2 Å². The summed E-state index contributed by atoms with van der Waals surface area (Å²) in [5, 5.41) is 0. The molecule has 5 aliphatic rings. The predicted molar refractivity (Wildman–Crippen MR) is 160 cm³/mol. The highest BCUT2D eigenvalue weighted by Gasteiger charge is 2.69. The van der Waals surface area contributed by atoms with E-state index in [-0.39, 0.29) is 39.5 Å². The lowest BCUT2D eigenvalue weighted by Gasteiger charge is -2.70. The number of benzene rings is 1. The number of ether oxygens (including phenoxy) is 1. The molecule has 4 fully saturated rings. The van der Waals surface area contributed by atoms with E-state index in [0.29, 0.717) is 23.7 Å². The Kier molecular flexibility index (Phi) is 6.39. The zero-order valence-electron chi connectivity index (χ0n) is 26.2. The van der Waals surface area contributed by atoms with Crippen LogP contribution in [0.2, 0.25) is 0 Å². The largest absolute Gasteiger partial charge is 0.460 e. The summed E-state index contributed by atoms with van der Waals surface area (Å²) in [6.45, 7) is 17.3. The van der Waals surface area contributed by atoms with E-state index in [4.69, 9.17) is 4.74 Å². The SMILES string of the molecule is CC1(C)CCCC2(C)C1CCC1(C)C2C(=O)C=C2C3C[C@@](C)(C(=O)OCc4ccccc4)CCC3(C)CC[C@]21C. The van der Waals surface area contributed by atoms with E-state index >= 15 is 0 Å². The molecule has 0 spiro atoms. The molecule has 5 aliphatic carbocycles. The van der Waals surface area contributed by atoms with Gasteiger partial charge in [-0.3, -0.25) is 9.59 Å². The molecule has 3 nitrogen and oxygen atoms in total. The zero-order valence-corrected chi connectivity index (χ0v) is 26.2. The molecule has 8 atom stereocenters. The van der Waals surface area contributed by atoms with Gasteiger partial charge in [0.25, 0.3) is 0 Å². The van der Waals surface area contributed by atoms with Crippen molar-refractivity contribution in [2.45, 2.75) is 119 Å². The second-order valence-corrected chi connectivity index (χ2v) is 16.7. The van der Waals surface area contributed by atoms with Crippen molar-refractivity contribution < 1.29 is 14.3 Å². The third-order valence-corrected chi connectivity index (χ3v) is 14.0. The fourth-order valence-corrected chi connectivity index (χ4v) is 11.4. The van der Waals surface area contributed by atoms with Gasteiger partial charge in [-0.2, -0.15) is 0 Å². The molecule has 40 heavy (non-hydrogen) atoms. The molecule has 0 heterocycles. The third kappa shape index (κ3) is 3.88. The maximum atomic E-state index is 14.5. The Labute approximate surface area is 242 Å². The summed E-state index contributed by atoms with van der Waals surface area (Å²) in [6, 6.07) is 9.99. The molecule has 0 bridgehead atoms. The quantitative estimate of drug-likeness (QED) is 0.356. The smallest absolute Gasteiger partial charge is 0.312 e. The van der Waals surface area contributed by atoms with Crippen molar-refractivity contribution in [3.05, 3.63) is 47.5 Å². The molecular formula is C37H52O3. The lowest BCUT2D eigenvalue weighted by molar-refractivity contribution is -0.186. The van der Waals surface area contributed by atoms with E-state index in [2.05, 4.69) is 54.5 Å². The summed E-state index contributed by atoms with van der Waals surface area (Å²) in [5.41, 5.74) is 2.37. The zero-order chi connectivity index (χ0) is 28.8. The fraction of sp³-hybridized carbons (Fsp3) is 0.730. The molecular weight excluding hydrogens is 492 g/mol. The van der Waals surface area contributed by atoms with E-state index in [0.717, 1.165) is 37.7 Å². The standard InChI is InChI=1S/C37H52O3/c1-32(2)15-11-16-35(5)29(32)14-17-37(7)30(35)28(38)22-26-27-23-34(4,19-18-33(27,3)20-21-36(26,37)6)31(39)40-24-25-12-9-8-10-13-25/h8-10,12-13,22,27,29-30H,11,14-21,23-24H2,1-7H3/t27?,29?,30?,33?,34-,35?,36+,37?/m0/s1. The molecule has 1 aromatic carbocycles. The van der Waals surface area contributed by atoms with Gasteiger partial charge in [0, 0.05) is 5.92 Å². The Morgan fingerprint density at radius 3 is 2.30 bits per heavy atom. The van der Waals surface area contributed by atoms with Crippen LogP contribution in [0, 0.1) is 50.2 Å². The molecule has 0 N–H and O–H groups in total. The van der Waals surface area contributed by atoms with Crippen LogP contribution < -0.4 is 0 Å². The highest BCUT2D eigenvalue weighted by Crippen LogP contribution is 2.75. The van der Waals surface area contributed by atoms with Crippen molar-refractivity contribution in [1.82, 2.24) is 0 Å². The van der Waals surface area contributed by atoms with Gasteiger partial charge in [0.15, 0.2) is 5.78 Å². The van der Waals surface area contributed by atoms with E-state index in [9.17, 15) is 9.59 Å². The molecule has 0 radical (unpaired) electrons. The molecule has 0 amide bonds. The van der Waals surface area contributed by atoms with Crippen LogP contribution in [-0.4, -0.2) is 11.8 Å². The minimum absolute atomic E-state index is 0.00246. The second kappa shape index (κ2) is 9.05. The Balaban J connectivity index is 1.34. The van der Waals surface area contributed by atoms with Crippen LogP contribution in [0.1, 0.15) is 118 Å². The molecule has 6 unspecified atom stereocenters. The maximum absolute atomic E-state index is 14.5. The molecule has 218 valence electrons. The van der Waals surface area contributed by atoms with Crippen molar-refractivity contribution in [1.29, 1.82) is 0 Å². The lowest BCUT2D eigenvalue weighted by atomic mass is 9.33. The Hall–Kier alpha value is -1.90. The van der Waals surface area contributed by atoms with Gasteiger partial charge in [0.1, 0.15) is 6.61 Å².